The summed E-state index contributed by atoms with van der Waals surface area (Å²) in [6.07, 6.45) is 3.90. The number of rotatable bonds is 6. The Hall–Kier alpha value is -2.39. The number of nitrogens with one attached hydrogen (secondary N) is 1. The number of sulfone groups is 2. The molecule has 0 aliphatic rings. The highest BCUT2D eigenvalue weighted by Crippen LogP contribution is 2.30. The van der Waals surface area contributed by atoms with E-state index < -0.39 is 23.9 Å². The smallest absolute Gasteiger partial charge is 0.219 e. The van der Waals surface area contributed by atoms with Crippen molar-refractivity contribution in [1.82, 2.24) is 4.98 Å². The van der Waals surface area contributed by atoms with Gasteiger partial charge in [0.1, 0.15) is 0 Å². The molecule has 0 radical (unpaired) electrons. The molecule has 1 heterocycles. The minimum Gasteiger partial charge on any atom is -0.359 e. The second-order valence-electron chi connectivity index (χ2n) is 5.76. The topological polar surface area (TPSA) is 93.2 Å². The molecule has 0 spiro atoms. The number of benzene rings is 2. The molecule has 0 fully saturated rings. The first-order chi connectivity index (χ1) is 13.7. The van der Waals surface area contributed by atoms with E-state index in [1.165, 1.54) is 60.9 Å². The van der Waals surface area contributed by atoms with Gasteiger partial charge < -0.3 is 5.32 Å². The van der Waals surface area contributed by atoms with Gasteiger partial charge in [0.15, 0.2) is 4.24 Å². The highest BCUT2D eigenvalue weighted by Gasteiger charge is 2.33. The average molecular weight is 469 g/mol. The fourth-order valence-electron chi connectivity index (χ4n) is 2.35. The van der Waals surface area contributed by atoms with Gasteiger partial charge in [-0.05, 0) is 60.7 Å². The molecule has 29 heavy (non-hydrogen) atoms. The van der Waals surface area contributed by atoms with Gasteiger partial charge in [-0.25, -0.2) is 16.8 Å². The fourth-order valence-corrected chi connectivity index (χ4v) is 6.22. The van der Waals surface area contributed by atoms with Crippen molar-refractivity contribution >= 4 is 48.6 Å². The van der Waals surface area contributed by atoms with Crippen molar-refractivity contribution in [3.05, 3.63) is 93.5 Å². The van der Waals surface area contributed by atoms with Crippen molar-refractivity contribution < 1.29 is 16.8 Å². The first-order valence-electron chi connectivity index (χ1n) is 8.09. The summed E-state index contributed by atoms with van der Waals surface area (Å²) < 4.78 is 51.9. The van der Waals surface area contributed by atoms with Crippen molar-refractivity contribution in [2.75, 3.05) is 5.32 Å². The van der Waals surface area contributed by atoms with Crippen molar-refractivity contribution in [2.45, 2.75) is 9.79 Å². The average Bonchev–Trinajstić information content (AvgIpc) is 2.69. The molecule has 1 aromatic heterocycles. The fraction of sp³-hybridized carbons (Fsp3) is 0. The zero-order valence-electron chi connectivity index (χ0n) is 14.7. The number of hydrogen-bond acceptors (Lipinski definition) is 6. The lowest BCUT2D eigenvalue weighted by molar-refractivity contribution is 0.595. The van der Waals surface area contributed by atoms with Crippen LogP contribution in [0.25, 0.3) is 0 Å². The first-order valence-corrected chi connectivity index (χ1v) is 11.8. The molecule has 0 saturated heterocycles. The maximum absolute atomic E-state index is 13.2. The zero-order valence-corrected chi connectivity index (χ0v) is 17.8. The molecule has 0 amide bonds. The molecule has 0 atom stereocenters. The monoisotopic (exact) mass is 468 g/mol. The predicted octanol–water partition coefficient (Wildman–Crippen LogP) is 4.55. The molecule has 1 N–H and O–H groups in total. The van der Waals surface area contributed by atoms with Crippen LogP contribution in [0.15, 0.2) is 93.3 Å². The van der Waals surface area contributed by atoms with Gasteiger partial charge in [-0.15, -0.1) is 0 Å². The molecule has 150 valence electrons. The minimum absolute atomic E-state index is 0.210. The van der Waals surface area contributed by atoms with Crippen LogP contribution in [0.3, 0.4) is 0 Å². The van der Waals surface area contributed by atoms with Gasteiger partial charge in [0.25, 0.3) is 0 Å². The summed E-state index contributed by atoms with van der Waals surface area (Å²) in [5.41, 5.74) is 0.419. The molecule has 10 heteroatoms. The van der Waals surface area contributed by atoms with Gasteiger partial charge in [0, 0.05) is 22.4 Å². The molecule has 6 nitrogen and oxygen atoms in total. The Kier molecular flexibility index (Phi) is 6.28. The van der Waals surface area contributed by atoms with Crippen LogP contribution in [-0.2, 0) is 19.7 Å². The molecule has 0 unspecified atom stereocenters. The van der Waals surface area contributed by atoms with Crippen LogP contribution in [0.1, 0.15) is 0 Å². The summed E-state index contributed by atoms with van der Waals surface area (Å²) in [5.74, 6) is 0. The summed E-state index contributed by atoms with van der Waals surface area (Å²) in [6, 6.07) is 13.7. The Balaban J connectivity index is 2.16. The number of halogens is 2. The Bertz CT molecular complexity index is 1160. The molecule has 0 aliphatic carbocycles. The van der Waals surface area contributed by atoms with Gasteiger partial charge in [-0.1, -0.05) is 23.2 Å². The SMILES string of the molecule is O=S(=O)(C(=CNc1cccnc1)S(=O)(=O)c1ccc(Cl)cc1)c1ccc(Cl)cc1. The number of pyridine rings is 1. The third-order valence-electron chi connectivity index (χ3n) is 3.80. The van der Waals surface area contributed by atoms with Crippen molar-refractivity contribution in [3.8, 4) is 0 Å². The Morgan fingerprint density at radius 3 is 1.69 bits per heavy atom. The molecule has 3 rings (SSSR count). The van der Waals surface area contributed by atoms with Crippen LogP contribution in [-0.4, -0.2) is 21.8 Å². The second-order valence-corrected chi connectivity index (χ2v) is 10.7. The predicted molar refractivity (Wildman–Crippen MR) is 113 cm³/mol. The lowest BCUT2D eigenvalue weighted by atomic mass is 10.4. The maximum atomic E-state index is 13.2. The molecule has 3 aromatic rings. The van der Waals surface area contributed by atoms with E-state index in [-0.39, 0.29) is 9.79 Å². The second kappa shape index (κ2) is 8.54. The highest BCUT2D eigenvalue weighted by atomic mass is 35.5. The van der Waals surface area contributed by atoms with E-state index in [2.05, 4.69) is 10.3 Å². The number of aromatic nitrogens is 1. The van der Waals surface area contributed by atoms with E-state index >= 15 is 0 Å². The van der Waals surface area contributed by atoms with E-state index in [0.29, 0.717) is 15.7 Å². The number of nitrogens with zero attached hydrogens (tertiary/aromatic N) is 1. The summed E-state index contributed by atoms with van der Waals surface area (Å²) in [4.78, 5) is 3.48. The van der Waals surface area contributed by atoms with E-state index in [4.69, 9.17) is 23.2 Å². The Morgan fingerprint density at radius 2 is 1.28 bits per heavy atom. The van der Waals surface area contributed by atoms with Gasteiger partial charge >= 0.3 is 0 Å². The van der Waals surface area contributed by atoms with Gasteiger partial charge in [0.2, 0.25) is 19.7 Å². The van der Waals surface area contributed by atoms with Gasteiger partial charge in [-0.3, -0.25) is 4.98 Å². The van der Waals surface area contributed by atoms with Crippen molar-refractivity contribution in [2.24, 2.45) is 0 Å². The van der Waals surface area contributed by atoms with E-state index in [9.17, 15) is 16.8 Å². The van der Waals surface area contributed by atoms with Gasteiger partial charge in [-0.2, -0.15) is 0 Å². The lowest BCUT2D eigenvalue weighted by Crippen LogP contribution is -2.16. The number of anilines is 1. The van der Waals surface area contributed by atoms with Crippen LogP contribution >= 0.6 is 23.2 Å². The van der Waals surface area contributed by atoms with E-state index in [0.717, 1.165) is 6.20 Å². The standard InChI is InChI=1S/C19H14Cl2N2O4S2/c20-14-3-7-17(8-4-14)28(24,25)19(13-23-16-2-1-11-22-12-16)29(26,27)18-9-5-15(21)6-10-18/h1-13,23H. The van der Waals surface area contributed by atoms with Crippen LogP contribution < -0.4 is 5.32 Å². The van der Waals surface area contributed by atoms with E-state index in [1.807, 2.05) is 0 Å². The molecule has 0 aliphatic heterocycles. The molecule has 0 bridgehead atoms. The minimum atomic E-state index is -4.41. The van der Waals surface area contributed by atoms with Crippen LogP contribution in [0.5, 0.6) is 0 Å². The summed E-state index contributed by atoms with van der Waals surface area (Å²) in [6.45, 7) is 0. The highest BCUT2D eigenvalue weighted by molar-refractivity contribution is 8.14. The summed E-state index contributed by atoms with van der Waals surface area (Å²) in [7, 11) is -8.81. The van der Waals surface area contributed by atoms with Crippen LogP contribution in [0, 0.1) is 0 Å². The third-order valence-corrected chi connectivity index (χ3v) is 8.70. The van der Waals surface area contributed by atoms with Crippen molar-refractivity contribution in [1.29, 1.82) is 0 Å². The normalized spacial score (nSPS) is 11.7. The van der Waals surface area contributed by atoms with Gasteiger partial charge in [0.05, 0.1) is 21.7 Å². The molecular formula is C19H14Cl2N2O4S2. The van der Waals surface area contributed by atoms with Crippen LogP contribution in [0.4, 0.5) is 5.69 Å². The number of hydrogen-bond donors (Lipinski definition) is 1. The zero-order chi connectivity index (χ0) is 21.1. The maximum Gasteiger partial charge on any atom is 0.219 e. The summed E-state index contributed by atoms with van der Waals surface area (Å²) >= 11 is 11.6. The summed E-state index contributed by atoms with van der Waals surface area (Å²) in [5, 5.41) is 3.33. The Labute approximate surface area is 178 Å². The largest absolute Gasteiger partial charge is 0.359 e. The van der Waals surface area contributed by atoms with Crippen molar-refractivity contribution in [3.63, 3.8) is 0 Å². The van der Waals surface area contributed by atoms with Crippen LogP contribution in [0.2, 0.25) is 10.0 Å². The third kappa shape index (κ3) is 4.79. The molecule has 2 aromatic carbocycles. The molecular weight excluding hydrogens is 455 g/mol. The molecule has 0 saturated carbocycles. The first kappa shape index (κ1) is 21.3. The Morgan fingerprint density at radius 1 is 0.793 bits per heavy atom. The van der Waals surface area contributed by atoms with E-state index in [1.54, 1.807) is 12.1 Å². The quantitative estimate of drug-likeness (QED) is 0.570. The lowest BCUT2D eigenvalue weighted by Gasteiger charge is -2.12.